The third kappa shape index (κ3) is 4.52. The molecule has 1 aliphatic rings. The molecule has 16 heavy (non-hydrogen) atoms. The minimum absolute atomic E-state index is 0.185. The van der Waals surface area contributed by atoms with E-state index in [0.29, 0.717) is 6.61 Å². The van der Waals surface area contributed by atoms with Crippen molar-refractivity contribution in [2.75, 3.05) is 6.61 Å². The minimum Gasteiger partial charge on any atom is -0.464 e. The minimum atomic E-state index is -0.340. The standard InChI is InChI=1S/C13H24O3/c1-3-8-12(13(14)15-4-2)16-11-9-6-5-7-10-11/h11-12H,3-10H2,1-2H3. The summed E-state index contributed by atoms with van der Waals surface area (Å²) in [5.74, 6) is -0.185. The molecule has 0 N–H and O–H groups in total. The average molecular weight is 228 g/mol. The van der Waals surface area contributed by atoms with E-state index in [2.05, 4.69) is 6.92 Å². The number of rotatable bonds is 6. The molecule has 3 heteroatoms. The molecule has 1 unspecified atom stereocenters. The molecule has 0 aromatic rings. The number of hydrogen-bond donors (Lipinski definition) is 0. The topological polar surface area (TPSA) is 35.5 Å². The summed E-state index contributed by atoms with van der Waals surface area (Å²) in [7, 11) is 0. The van der Waals surface area contributed by atoms with Crippen LogP contribution >= 0.6 is 0 Å². The van der Waals surface area contributed by atoms with Gasteiger partial charge in [0.25, 0.3) is 0 Å². The Labute approximate surface area is 98.5 Å². The lowest BCUT2D eigenvalue weighted by Crippen LogP contribution is -2.32. The third-order valence-electron chi connectivity index (χ3n) is 3.01. The number of hydrogen-bond acceptors (Lipinski definition) is 3. The van der Waals surface area contributed by atoms with Gasteiger partial charge in [-0.3, -0.25) is 0 Å². The van der Waals surface area contributed by atoms with Crippen LogP contribution in [0.2, 0.25) is 0 Å². The van der Waals surface area contributed by atoms with E-state index in [9.17, 15) is 4.79 Å². The van der Waals surface area contributed by atoms with E-state index in [4.69, 9.17) is 9.47 Å². The zero-order valence-corrected chi connectivity index (χ0v) is 10.5. The van der Waals surface area contributed by atoms with Crippen molar-refractivity contribution in [3.05, 3.63) is 0 Å². The highest BCUT2D eigenvalue weighted by molar-refractivity contribution is 5.74. The van der Waals surface area contributed by atoms with Crippen molar-refractivity contribution in [3.8, 4) is 0 Å². The van der Waals surface area contributed by atoms with Gasteiger partial charge in [0.15, 0.2) is 6.10 Å². The van der Waals surface area contributed by atoms with E-state index in [0.717, 1.165) is 25.7 Å². The van der Waals surface area contributed by atoms with Crippen LogP contribution < -0.4 is 0 Å². The van der Waals surface area contributed by atoms with Gasteiger partial charge in [-0.15, -0.1) is 0 Å². The Hall–Kier alpha value is -0.570. The van der Waals surface area contributed by atoms with Crippen molar-refractivity contribution in [2.24, 2.45) is 0 Å². The van der Waals surface area contributed by atoms with Gasteiger partial charge in [0.05, 0.1) is 12.7 Å². The van der Waals surface area contributed by atoms with Crippen LogP contribution in [0.15, 0.2) is 0 Å². The van der Waals surface area contributed by atoms with Crippen LogP contribution in [0.5, 0.6) is 0 Å². The Balaban J connectivity index is 2.39. The molecule has 0 spiro atoms. The van der Waals surface area contributed by atoms with Crippen molar-refractivity contribution >= 4 is 5.97 Å². The summed E-state index contributed by atoms with van der Waals surface area (Å²) in [5.41, 5.74) is 0. The molecular formula is C13H24O3. The van der Waals surface area contributed by atoms with E-state index < -0.39 is 0 Å². The van der Waals surface area contributed by atoms with E-state index >= 15 is 0 Å². The van der Waals surface area contributed by atoms with Gasteiger partial charge in [0.2, 0.25) is 0 Å². The summed E-state index contributed by atoms with van der Waals surface area (Å²) in [5, 5.41) is 0. The van der Waals surface area contributed by atoms with Crippen molar-refractivity contribution in [1.29, 1.82) is 0 Å². The van der Waals surface area contributed by atoms with Gasteiger partial charge in [-0.25, -0.2) is 4.79 Å². The van der Waals surface area contributed by atoms with Crippen LogP contribution in [0.4, 0.5) is 0 Å². The maximum Gasteiger partial charge on any atom is 0.335 e. The first-order valence-electron chi connectivity index (χ1n) is 6.60. The zero-order chi connectivity index (χ0) is 11.8. The Morgan fingerprint density at radius 3 is 2.50 bits per heavy atom. The first kappa shape index (κ1) is 13.5. The summed E-state index contributed by atoms with van der Waals surface area (Å²) in [6.07, 6.45) is 7.61. The van der Waals surface area contributed by atoms with Crippen LogP contribution in [0, 0.1) is 0 Å². The number of ether oxygens (including phenoxy) is 2. The van der Waals surface area contributed by atoms with Gasteiger partial charge in [0, 0.05) is 0 Å². The Morgan fingerprint density at radius 2 is 1.94 bits per heavy atom. The van der Waals surface area contributed by atoms with Gasteiger partial charge >= 0.3 is 5.97 Å². The molecule has 0 aromatic carbocycles. The molecule has 1 rings (SSSR count). The van der Waals surface area contributed by atoms with Crippen molar-refractivity contribution in [1.82, 2.24) is 0 Å². The van der Waals surface area contributed by atoms with Crippen molar-refractivity contribution in [2.45, 2.75) is 71.0 Å². The molecule has 0 amide bonds. The first-order chi connectivity index (χ1) is 7.77. The average Bonchev–Trinajstić information content (AvgIpc) is 2.30. The highest BCUT2D eigenvalue weighted by Gasteiger charge is 2.24. The lowest BCUT2D eigenvalue weighted by molar-refractivity contribution is -0.162. The summed E-state index contributed by atoms with van der Waals surface area (Å²) in [6, 6.07) is 0. The van der Waals surface area contributed by atoms with E-state index in [1.54, 1.807) is 0 Å². The molecule has 1 fully saturated rings. The third-order valence-corrected chi connectivity index (χ3v) is 3.01. The number of esters is 1. The maximum atomic E-state index is 11.7. The molecule has 1 atom stereocenters. The SMILES string of the molecule is CCCC(OC1CCCCC1)C(=O)OCC. The maximum absolute atomic E-state index is 11.7. The lowest BCUT2D eigenvalue weighted by Gasteiger charge is -2.26. The molecule has 0 saturated heterocycles. The fraction of sp³-hybridized carbons (Fsp3) is 0.923. The second-order valence-corrected chi connectivity index (χ2v) is 4.43. The quantitative estimate of drug-likeness (QED) is 0.655. The molecule has 94 valence electrons. The summed E-state index contributed by atoms with van der Waals surface area (Å²) in [6.45, 7) is 4.34. The fourth-order valence-corrected chi connectivity index (χ4v) is 2.17. The van der Waals surface area contributed by atoms with Gasteiger partial charge in [0.1, 0.15) is 0 Å². The molecule has 1 aliphatic carbocycles. The summed E-state index contributed by atoms with van der Waals surface area (Å²) >= 11 is 0. The first-order valence-corrected chi connectivity index (χ1v) is 6.60. The van der Waals surface area contributed by atoms with Gasteiger partial charge in [-0.05, 0) is 26.2 Å². The van der Waals surface area contributed by atoms with E-state index in [-0.39, 0.29) is 18.2 Å². The largest absolute Gasteiger partial charge is 0.464 e. The molecule has 0 aromatic heterocycles. The molecule has 0 aliphatic heterocycles. The van der Waals surface area contributed by atoms with Crippen LogP contribution in [0.1, 0.15) is 58.8 Å². The normalized spacial score (nSPS) is 19.4. The lowest BCUT2D eigenvalue weighted by atomic mass is 9.97. The van der Waals surface area contributed by atoms with Crippen LogP contribution in [0.25, 0.3) is 0 Å². The molecule has 3 nitrogen and oxygen atoms in total. The second kappa shape index (κ2) is 7.66. The fourth-order valence-electron chi connectivity index (χ4n) is 2.17. The van der Waals surface area contributed by atoms with Crippen molar-refractivity contribution in [3.63, 3.8) is 0 Å². The van der Waals surface area contributed by atoms with E-state index in [1.807, 2.05) is 6.92 Å². The Morgan fingerprint density at radius 1 is 1.25 bits per heavy atom. The Kier molecular flexibility index (Phi) is 6.46. The van der Waals surface area contributed by atoms with Gasteiger partial charge < -0.3 is 9.47 Å². The number of carbonyl (C=O) groups is 1. The van der Waals surface area contributed by atoms with Crippen LogP contribution in [0.3, 0.4) is 0 Å². The number of carbonyl (C=O) groups excluding carboxylic acids is 1. The summed E-state index contributed by atoms with van der Waals surface area (Å²) in [4.78, 5) is 11.7. The highest BCUT2D eigenvalue weighted by Crippen LogP contribution is 2.22. The molecule has 0 bridgehead atoms. The smallest absolute Gasteiger partial charge is 0.335 e. The van der Waals surface area contributed by atoms with Gasteiger partial charge in [-0.1, -0.05) is 32.6 Å². The zero-order valence-electron chi connectivity index (χ0n) is 10.5. The molecule has 0 radical (unpaired) electrons. The highest BCUT2D eigenvalue weighted by atomic mass is 16.6. The summed E-state index contributed by atoms with van der Waals surface area (Å²) < 4.78 is 10.9. The predicted molar refractivity (Wildman–Crippen MR) is 63.3 cm³/mol. The molecule has 0 heterocycles. The van der Waals surface area contributed by atoms with Gasteiger partial charge in [-0.2, -0.15) is 0 Å². The molecule has 1 saturated carbocycles. The Bertz CT molecular complexity index is 197. The monoisotopic (exact) mass is 228 g/mol. The van der Waals surface area contributed by atoms with E-state index in [1.165, 1.54) is 19.3 Å². The van der Waals surface area contributed by atoms with Crippen LogP contribution in [-0.4, -0.2) is 24.8 Å². The second-order valence-electron chi connectivity index (χ2n) is 4.43. The van der Waals surface area contributed by atoms with Crippen molar-refractivity contribution < 1.29 is 14.3 Å². The predicted octanol–water partition coefficient (Wildman–Crippen LogP) is 3.07. The molecular weight excluding hydrogens is 204 g/mol. The van der Waals surface area contributed by atoms with Crippen LogP contribution in [-0.2, 0) is 14.3 Å².